The second-order valence-electron chi connectivity index (χ2n) is 7.11. The summed E-state index contributed by atoms with van der Waals surface area (Å²) in [5.74, 6) is 0.279. The number of nitrogens with two attached hydrogens (primary N) is 1. The average molecular weight is 278 g/mol. The summed E-state index contributed by atoms with van der Waals surface area (Å²) in [4.78, 5) is 15.0. The van der Waals surface area contributed by atoms with Crippen LogP contribution in [0.3, 0.4) is 0 Å². The Kier molecular flexibility index (Phi) is 3.22. The van der Waals surface area contributed by atoms with Crippen molar-refractivity contribution in [2.45, 2.75) is 57.2 Å². The first kappa shape index (κ1) is 14.1. The lowest BCUT2D eigenvalue weighted by atomic mass is 9.46. The second-order valence-corrected chi connectivity index (χ2v) is 7.11. The van der Waals surface area contributed by atoms with Crippen LogP contribution in [0, 0.1) is 11.3 Å². The van der Waals surface area contributed by atoms with Crippen molar-refractivity contribution >= 4 is 5.91 Å². The quantitative estimate of drug-likeness (QED) is 0.796. The molecule has 3 rings (SSSR count). The summed E-state index contributed by atoms with van der Waals surface area (Å²) < 4.78 is 5.88. The molecule has 1 heterocycles. The number of carbonyl (C=O) groups is 1. The lowest BCUT2D eigenvalue weighted by Gasteiger charge is -2.65. The average Bonchev–Trinajstić information content (AvgIpc) is 3.27. The van der Waals surface area contributed by atoms with Gasteiger partial charge >= 0.3 is 0 Å². The van der Waals surface area contributed by atoms with E-state index in [1.54, 1.807) is 6.08 Å². The predicted molar refractivity (Wildman–Crippen MR) is 78.1 cm³/mol. The van der Waals surface area contributed by atoms with E-state index in [2.05, 4.69) is 20.4 Å². The SMILES string of the molecule is C=CCN(C(=O)C1(N)C2CCCOC2C1(C)C)C1CC1. The highest BCUT2D eigenvalue weighted by Crippen LogP contribution is 2.58. The Balaban J connectivity index is 1.86. The zero-order chi connectivity index (χ0) is 14.5. The standard InChI is InChI=1S/C16H26N2O2/c1-4-9-18(11-7-8-11)14(19)16(17)12-6-5-10-20-13(12)15(16,2)3/h4,11-13H,1,5-10,17H2,2-3H3. The van der Waals surface area contributed by atoms with E-state index in [1.165, 1.54) is 0 Å². The van der Waals surface area contributed by atoms with E-state index in [9.17, 15) is 4.79 Å². The lowest BCUT2D eigenvalue weighted by molar-refractivity contribution is -0.230. The van der Waals surface area contributed by atoms with Crippen LogP contribution in [0.5, 0.6) is 0 Å². The van der Waals surface area contributed by atoms with Crippen LogP contribution in [0.4, 0.5) is 0 Å². The van der Waals surface area contributed by atoms with E-state index in [1.807, 2.05) is 4.90 Å². The molecule has 4 nitrogen and oxygen atoms in total. The van der Waals surface area contributed by atoms with Crippen LogP contribution in [0.2, 0.25) is 0 Å². The summed E-state index contributed by atoms with van der Waals surface area (Å²) in [6.45, 7) is 9.34. The van der Waals surface area contributed by atoms with Crippen LogP contribution in [0.25, 0.3) is 0 Å². The molecule has 2 saturated carbocycles. The van der Waals surface area contributed by atoms with Gasteiger partial charge in [0, 0.05) is 30.5 Å². The van der Waals surface area contributed by atoms with Gasteiger partial charge in [0.25, 0.3) is 0 Å². The third-order valence-corrected chi connectivity index (χ3v) is 5.61. The van der Waals surface area contributed by atoms with Crippen molar-refractivity contribution in [1.82, 2.24) is 4.90 Å². The zero-order valence-corrected chi connectivity index (χ0v) is 12.6. The Hall–Kier alpha value is -0.870. The molecule has 1 saturated heterocycles. The molecule has 0 radical (unpaired) electrons. The van der Waals surface area contributed by atoms with E-state index in [-0.39, 0.29) is 23.3 Å². The van der Waals surface area contributed by atoms with Crippen molar-refractivity contribution < 1.29 is 9.53 Å². The molecule has 3 unspecified atom stereocenters. The van der Waals surface area contributed by atoms with Crippen molar-refractivity contribution in [1.29, 1.82) is 0 Å². The summed E-state index contributed by atoms with van der Waals surface area (Å²) in [5.41, 5.74) is 5.61. The molecule has 3 aliphatic rings. The fourth-order valence-corrected chi connectivity index (χ4v) is 4.17. The smallest absolute Gasteiger partial charge is 0.244 e. The third kappa shape index (κ3) is 1.70. The molecule has 2 N–H and O–H groups in total. The van der Waals surface area contributed by atoms with Gasteiger partial charge in [-0.1, -0.05) is 19.9 Å². The molecular weight excluding hydrogens is 252 g/mol. The maximum absolute atomic E-state index is 13.1. The van der Waals surface area contributed by atoms with Gasteiger partial charge in [0.15, 0.2) is 0 Å². The molecule has 3 atom stereocenters. The van der Waals surface area contributed by atoms with E-state index in [0.717, 1.165) is 32.3 Å². The number of fused-ring (bicyclic) bond motifs is 1. The highest BCUT2D eigenvalue weighted by atomic mass is 16.5. The van der Waals surface area contributed by atoms with E-state index in [0.29, 0.717) is 12.6 Å². The van der Waals surface area contributed by atoms with Crippen molar-refractivity contribution in [2.75, 3.05) is 13.2 Å². The summed E-state index contributed by atoms with van der Waals surface area (Å²) in [5, 5.41) is 0. The monoisotopic (exact) mass is 278 g/mol. The molecule has 1 amide bonds. The van der Waals surface area contributed by atoms with Crippen LogP contribution in [0.1, 0.15) is 39.5 Å². The Labute approximate surface area is 121 Å². The number of hydrogen-bond acceptors (Lipinski definition) is 3. The van der Waals surface area contributed by atoms with Gasteiger partial charge in [-0.2, -0.15) is 0 Å². The number of amides is 1. The first-order chi connectivity index (χ1) is 9.44. The molecule has 4 heteroatoms. The van der Waals surface area contributed by atoms with E-state index >= 15 is 0 Å². The molecular formula is C16H26N2O2. The largest absolute Gasteiger partial charge is 0.377 e. The molecule has 20 heavy (non-hydrogen) atoms. The minimum Gasteiger partial charge on any atom is -0.377 e. The molecule has 0 aromatic rings. The van der Waals surface area contributed by atoms with Crippen LogP contribution >= 0.6 is 0 Å². The van der Waals surface area contributed by atoms with Crippen LogP contribution in [0.15, 0.2) is 12.7 Å². The maximum atomic E-state index is 13.1. The number of hydrogen-bond donors (Lipinski definition) is 1. The minimum atomic E-state index is -0.774. The molecule has 1 aliphatic heterocycles. The van der Waals surface area contributed by atoms with Crippen molar-refractivity contribution in [3.63, 3.8) is 0 Å². The summed E-state index contributed by atoms with van der Waals surface area (Å²) in [6.07, 6.45) is 6.15. The summed E-state index contributed by atoms with van der Waals surface area (Å²) >= 11 is 0. The van der Waals surface area contributed by atoms with Crippen molar-refractivity contribution in [3.05, 3.63) is 12.7 Å². The Morgan fingerprint density at radius 2 is 2.15 bits per heavy atom. The molecule has 3 fully saturated rings. The van der Waals surface area contributed by atoms with Gasteiger partial charge in [0.2, 0.25) is 5.91 Å². The van der Waals surface area contributed by atoms with Crippen LogP contribution in [-0.2, 0) is 9.53 Å². The van der Waals surface area contributed by atoms with Gasteiger partial charge in [-0.05, 0) is 25.7 Å². The fraction of sp³-hybridized carbons (Fsp3) is 0.812. The highest BCUT2D eigenvalue weighted by molar-refractivity contribution is 5.90. The zero-order valence-electron chi connectivity index (χ0n) is 12.6. The number of carbonyl (C=O) groups excluding carboxylic acids is 1. The first-order valence-electron chi connectivity index (χ1n) is 7.77. The topological polar surface area (TPSA) is 55.6 Å². The van der Waals surface area contributed by atoms with Crippen molar-refractivity contribution in [3.8, 4) is 0 Å². The number of ether oxygens (including phenoxy) is 1. The van der Waals surface area contributed by atoms with Crippen molar-refractivity contribution in [2.24, 2.45) is 17.1 Å². The summed E-state index contributed by atoms with van der Waals surface area (Å²) in [7, 11) is 0. The highest BCUT2D eigenvalue weighted by Gasteiger charge is 2.71. The van der Waals surface area contributed by atoms with Crippen LogP contribution in [-0.4, -0.2) is 41.6 Å². The molecule has 0 spiro atoms. The molecule has 0 aromatic heterocycles. The van der Waals surface area contributed by atoms with Crippen LogP contribution < -0.4 is 5.73 Å². The van der Waals surface area contributed by atoms with E-state index < -0.39 is 5.54 Å². The van der Waals surface area contributed by atoms with Gasteiger partial charge in [-0.25, -0.2) is 0 Å². The van der Waals surface area contributed by atoms with Gasteiger partial charge in [0.05, 0.1) is 6.10 Å². The second kappa shape index (κ2) is 4.57. The van der Waals surface area contributed by atoms with Gasteiger partial charge in [0.1, 0.15) is 5.54 Å². The van der Waals surface area contributed by atoms with E-state index in [4.69, 9.17) is 10.5 Å². The molecule has 2 aliphatic carbocycles. The first-order valence-corrected chi connectivity index (χ1v) is 7.77. The fourth-order valence-electron chi connectivity index (χ4n) is 4.17. The number of nitrogens with zero attached hydrogens (tertiary/aromatic N) is 1. The van der Waals surface area contributed by atoms with Gasteiger partial charge < -0.3 is 15.4 Å². The van der Waals surface area contributed by atoms with Gasteiger partial charge in [-0.3, -0.25) is 4.79 Å². The van der Waals surface area contributed by atoms with Gasteiger partial charge in [-0.15, -0.1) is 6.58 Å². The molecule has 0 aromatic carbocycles. The lowest BCUT2D eigenvalue weighted by Crippen LogP contribution is -2.82. The third-order valence-electron chi connectivity index (χ3n) is 5.61. The predicted octanol–water partition coefficient (Wildman–Crippen LogP) is 1.70. The summed E-state index contributed by atoms with van der Waals surface area (Å²) in [6, 6.07) is 0.375. The Morgan fingerprint density at radius 3 is 2.75 bits per heavy atom. The minimum absolute atomic E-state index is 0.108. The Morgan fingerprint density at radius 1 is 1.45 bits per heavy atom. The number of rotatable bonds is 4. The molecule has 112 valence electrons. The Bertz CT molecular complexity index is 430. The normalized spacial score (nSPS) is 38.5. The maximum Gasteiger partial charge on any atom is 0.244 e. The molecule has 0 bridgehead atoms.